The Labute approximate surface area is 53.6 Å². The van der Waals surface area contributed by atoms with Gasteiger partial charge in [0, 0.05) is 6.72 Å². The van der Waals surface area contributed by atoms with Gasteiger partial charge in [0.25, 0.3) is 0 Å². The SMILES string of the molecule is C=NNC1=NCCOC1. The maximum absolute atomic E-state index is 5.05. The second-order valence-electron chi connectivity index (χ2n) is 1.65. The van der Waals surface area contributed by atoms with Crippen molar-refractivity contribution in [1.82, 2.24) is 5.43 Å². The van der Waals surface area contributed by atoms with Gasteiger partial charge in [0.2, 0.25) is 0 Å². The number of hydrazone groups is 1. The van der Waals surface area contributed by atoms with Gasteiger partial charge >= 0.3 is 0 Å². The number of hydrogen-bond donors (Lipinski definition) is 1. The van der Waals surface area contributed by atoms with Crippen molar-refractivity contribution in [3.63, 3.8) is 0 Å². The van der Waals surface area contributed by atoms with E-state index in [0.29, 0.717) is 13.2 Å². The van der Waals surface area contributed by atoms with Crippen LogP contribution in [-0.2, 0) is 4.74 Å². The molecule has 0 fully saturated rings. The van der Waals surface area contributed by atoms with Crippen LogP contribution in [0.4, 0.5) is 0 Å². The van der Waals surface area contributed by atoms with Gasteiger partial charge in [-0.2, -0.15) is 5.10 Å². The summed E-state index contributed by atoms with van der Waals surface area (Å²) in [5.41, 5.74) is 2.62. The van der Waals surface area contributed by atoms with Crippen LogP contribution in [0.1, 0.15) is 0 Å². The van der Waals surface area contributed by atoms with E-state index in [-0.39, 0.29) is 0 Å². The molecule has 0 radical (unpaired) electrons. The van der Waals surface area contributed by atoms with Gasteiger partial charge in [0.05, 0.1) is 13.2 Å². The van der Waals surface area contributed by atoms with Gasteiger partial charge in [-0.3, -0.25) is 10.4 Å². The van der Waals surface area contributed by atoms with Crippen molar-refractivity contribution in [3.8, 4) is 0 Å². The molecule has 0 aromatic rings. The van der Waals surface area contributed by atoms with Crippen LogP contribution in [0.15, 0.2) is 10.1 Å². The Balaban J connectivity index is 2.36. The third-order valence-corrected chi connectivity index (χ3v) is 0.985. The van der Waals surface area contributed by atoms with Gasteiger partial charge in [-0.15, -0.1) is 0 Å². The summed E-state index contributed by atoms with van der Waals surface area (Å²) in [6, 6.07) is 0. The number of aliphatic imine (C=N–C) groups is 1. The molecule has 0 bridgehead atoms. The molecule has 0 saturated carbocycles. The highest BCUT2D eigenvalue weighted by atomic mass is 16.5. The highest BCUT2D eigenvalue weighted by Gasteiger charge is 2.01. The largest absolute Gasteiger partial charge is 0.372 e. The van der Waals surface area contributed by atoms with Crippen molar-refractivity contribution < 1.29 is 4.74 Å². The van der Waals surface area contributed by atoms with Crippen LogP contribution in [0, 0.1) is 0 Å². The molecule has 9 heavy (non-hydrogen) atoms. The van der Waals surface area contributed by atoms with E-state index in [1.807, 2.05) is 0 Å². The smallest absolute Gasteiger partial charge is 0.143 e. The lowest BCUT2D eigenvalue weighted by molar-refractivity contribution is 0.168. The van der Waals surface area contributed by atoms with Gasteiger partial charge in [0.15, 0.2) is 0 Å². The summed E-state index contributed by atoms with van der Waals surface area (Å²) in [7, 11) is 0. The standard InChI is InChI=1S/C5H9N3O/c1-6-8-5-4-9-3-2-7-5/h1-4H2,(H,7,8). The summed E-state index contributed by atoms with van der Waals surface area (Å²) < 4.78 is 5.05. The van der Waals surface area contributed by atoms with Crippen molar-refractivity contribution in [2.45, 2.75) is 0 Å². The zero-order valence-electron chi connectivity index (χ0n) is 5.13. The summed E-state index contributed by atoms with van der Waals surface area (Å²) in [6.07, 6.45) is 0. The van der Waals surface area contributed by atoms with Crippen LogP contribution >= 0.6 is 0 Å². The Morgan fingerprint density at radius 3 is 3.22 bits per heavy atom. The number of nitrogens with zero attached hydrogens (tertiary/aromatic N) is 2. The first kappa shape index (κ1) is 6.22. The van der Waals surface area contributed by atoms with E-state index in [1.54, 1.807) is 0 Å². The number of ether oxygens (including phenoxy) is 1. The fourth-order valence-electron chi connectivity index (χ4n) is 0.619. The van der Waals surface area contributed by atoms with Crippen LogP contribution in [0.25, 0.3) is 0 Å². The molecule has 50 valence electrons. The second kappa shape index (κ2) is 3.19. The van der Waals surface area contributed by atoms with Crippen LogP contribution < -0.4 is 5.43 Å². The minimum Gasteiger partial charge on any atom is -0.372 e. The van der Waals surface area contributed by atoms with Crippen molar-refractivity contribution in [2.75, 3.05) is 19.8 Å². The molecule has 0 aliphatic carbocycles. The fraction of sp³-hybridized carbons (Fsp3) is 0.600. The van der Waals surface area contributed by atoms with E-state index in [9.17, 15) is 0 Å². The number of nitrogens with one attached hydrogen (secondary N) is 1. The molecule has 0 aromatic heterocycles. The van der Waals surface area contributed by atoms with E-state index < -0.39 is 0 Å². The van der Waals surface area contributed by atoms with E-state index in [0.717, 1.165) is 12.4 Å². The topological polar surface area (TPSA) is 46.0 Å². The van der Waals surface area contributed by atoms with Crippen LogP contribution in [0.5, 0.6) is 0 Å². The van der Waals surface area contributed by atoms with Crippen molar-refractivity contribution >= 4 is 12.6 Å². The average molecular weight is 127 g/mol. The molecule has 0 amide bonds. The summed E-state index contributed by atoms with van der Waals surface area (Å²) in [5.74, 6) is 0.760. The first-order valence-corrected chi connectivity index (χ1v) is 2.76. The van der Waals surface area contributed by atoms with E-state index >= 15 is 0 Å². The Bertz CT molecular complexity index is 132. The van der Waals surface area contributed by atoms with Crippen LogP contribution in [-0.4, -0.2) is 32.3 Å². The zero-order chi connectivity index (χ0) is 6.53. The molecule has 1 aliphatic heterocycles. The molecule has 0 aromatic carbocycles. The van der Waals surface area contributed by atoms with E-state index in [1.165, 1.54) is 0 Å². The lowest BCUT2D eigenvalue weighted by Crippen LogP contribution is -2.27. The minimum absolute atomic E-state index is 0.527. The van der Waals surface area contributed by atoms with Crippen molar-refractivity contribution in [2.24, 2.45) is 10.1 Å². The van der Waals surface area contributed by atoms with Gasteiger partial charge in [-0.1, -0.05) is 0 Å². The Kier molecular flexibility index (Phi) is 2.21. The summed E-state index contributed by atoms with van der Waals surface area (Å²) in [6.45, 7) is 5.21. The van der Waals surface area contributed by atoms with Crippen molar-refractivity contribution in [1.29, 1.82) is 0 Å². The quantitative estimate of drug-likeness (QED) is 0.385. The molecule has 0 spiro atoms. The zero-order valence-corrected chi connectivity index (χ0v) is 5.13. The van der Waals surface area contributed by atoms with Gasteiger partial charge < -0.3 is 4.74 Å². The Hall–Kier alpha value is -0.900. The maximum Gasteiger partial charge on any atom is 0.143 e. The Morgan fingerprint density at radius 1 is 1.78 bits per heavy atom. The summed E-state index contributed by atoms with van der Waals surface area (Å²) in [4.78, 5) is 4.07. The molecular formula is C5H9N3O. The lowest BCUT2D eigenvalue weighted by atomic mass is 10.5. The predicted octanol–water partition coefficient (Wildman–Crippen LogP) is -0.380. The van der Waals surface area contributed by atoms with Crippen LogP contribution in [0.2, 0.25) is 0 Å². The highest BCUT2D eigenvalue weighted by molar-refractivity contribution is 5.83. The maximum atomic E-state index is 5.05. The molecule has 4 nitrogen and oxygen atoms in total. The monoisotopic (exact) mass is 127 g/mol. The van der Waals surface area contributed by atoms with Gasteiger partial charge in [-0.05, 0) is 0 Å². The number of rotatable bonds is 1. The Morgan fingerprint density at radius 2 is 2.67 bits per heavy atom. The van der Waals surface area contributed by atoms with E-state index in [2.05, 4.69) is 22.2 Å². The molecule has 0 saturated heterocycles. The molecule has 0 atom stereocenters. The predicted molar refractivity (Wildman–Crippen MR) is 35.8 cm³/mol. The van der Waals surface area contributed by atoms with Gasteiger partial charge in [0.1, 0.15) is 12.4 Å². The van der Waals surface area contributed by atoms with Gasteiger partial charge in [-0.25, -0.2) is 0 Å². The molecular weight excluding hydrogens is 118 g/mol. The lowest BCUT2D eigenvalue weighted by Gasteiger charge is -2.10. The fourth-order valence-corrected chi connectivity index (χ4v) is 0.619. The van der Waals surface area contributed by atoms with Crippen molar-refractivity contribution in [3.05, 3.63) is 0 Å². The number of hydrogen-bond acceptors (Lipinski definition) is 4. The first-order chi connectivity index (χ1) is 4.43. The molecule has 1 heterocycles. The van der Waals surface area contributed by atoms with E-state index in [4.69, 9.17) is 4.74 Å². The number of amidine groups is 1. The summed E-state index contributed by atoms with van der Waals surface area (Å²) >= 11 is 0. The molecule has 1 rings (SSSR count). The molecule has 1 N–H and O–H groups in total. The summed E-state index contributed by atoms with van der Waals surface area (Å²) in [5, 5.41) is 3.45. The van der Waals surface area contributed by atoms with Crippen LogP contribution in [0.3, 0.4) is 0 Å². The first-order valence-electron chi connectivity index (χ1n) is 2.76. The molecule has 4 heteroatoms. The molecule has 1 aliphatic rings. The average Bonchev–Trinajstić information content (AvgIpc) is 1.91. The third kappa shape index (κ3) is 1.81. The second-order valence-corrected chi connectivity index (χ2v) is 1.65. The highest BCUT2D eigenvalue weighted by Crippen LogP contribution is 1.87. The molecule has 0 unspecified atom stereocenters. The normalized spacial score (nSPS) is 18.4. The minimum atomic E-state index is 0.527. The third-order valence-electron chi connectivity index (χ3n) is 0.985.